The SMILES string of the molecule is COc1cc(C)cc2cc(-c3nc(C4CCN(C(=O)O)C4)n4ccnc(N)c34)sc12. The minimum Gasteiger partial charge on any atom is -0.495 e. The molecule has 0 aliphatic carbocycles. The van der Waals surface area contributed by atoms with Gasteiger partial charge in [-0.05, 0) is 36.4 Å². The number of likely N-dealkylation sites (tertiary alicyclic amines) is 1. The number of methoxy groups -OCH3 is 1. The fraction of sp³-hybridized carbons (Fsp3) is 0.286. The average Bonchev–Trinajstić information content (AvgIpc) is 3.43. The van der Waals surface area contributed by atoms with E-state index in [4.69, 9.17) is 15.5 Å². The molecule has 0 saturated carbocycles. The summed E-state index contributed by atoms with van der Waals surface area (Å²) >= 11 is 1.61. The summed E-state index contributed by atoms with van der Waals surface area (Å²) in [5.74, 6) is 2.07. The fourth-order valence-electron chi connectivity index (χ4n) is 4.22. The van der Waals surface area contributed by atoms with Crippen molar-refractivity contribution in [2.75, 3.05) is 25.9 Å². The number of ether oxygens (including phenoxy) is 1. The van der Waals surface area contributed by atoms with E-state index in [0.29, 0.717) is 18.9 Å². The molecule has 3 aromatic heterocycles. The largest absolute Gasteiger partial charge is 0.495 e. The highest BCUT2D eigenvalue weighted by atomic mass is 32.1. The number of aryl methyl sites for hydroxylation is 1. The highest BCUT2D eigenvalue weighted by molar-refractivity contribution is 7.22. The lowest BCUT2D eigenvalue weighted by Gasteiger charge is -2.11. The minimum absolute atomic E-state index is 0.00955. The maximum atomic E-state index is 11.4. The van der Waals surface area contributed by atoms with Gasteiger partial charge in [-0.25, -0.2) is 14.8 Å². The lowest BCUT2D eigenvalue weighted by molar-refractivity contribution is 0.155. The summed E-state index contributed by atoms with van der Waals surface area (Å²) in [5.41, 5.74) is 8.91. The summed E-state index contributed by atoms with van der Waals surface area (Å²) in [6, 6.07) is 6.25. The number of imidazole rings is 1. The Bertz CT molecular complexity index is 1300. The molecular weight excluding hydrogens is 402 g/mol. The van der Waals surface area contributed by atoms with Gasteiger partial charge in [0.2, 0.25) is 0 Å². The standard InChI is InChI=1S/C21H21N5O3S/c1-11-7-13-9-15(30-18(13)14(8-11)29-2)16-17-19(22)23-4-6-26(17)20(24-16)12-3-5-25(10-12)21(27)28/h4,6-9,12H,3,5,10H2,1-2H3,(H2,22,23)(H,27,28). The molecule has 0 bridgehead atoms. The maximum absolute atomic E-state index is 11.4. The van der Waals surface area contributed by atoms with Crippen LogP contribution in [-0.2, 0) is 0 Å². The molecule has 9 heteroatoms. The Morgan fingerprint density at radius 3 is 2.93 bits per heavy atom. The Balaban J connectivity index is 1.69. The van der Waals surface area contributed by atoms with Crippen molar-refractivity contribution in [2.24, 2.45) is 0 Å². The van der Waals surface area contributed by atoms with Crippen LogP contribution < -0.4 is 10.5 Å². The number of thiophene rings is 1. The third-order valence-corrected chi connectivity index (χ3v) is 6.79. The highest BCUT2D eigenvalue weighted by Crippen LogP contribution is 2.42. The molecule has 1 aromatic carbocycles. The Hall–Kier alpha value is -3.33. The number of benzene rings is 1. The first-order valence-electron chi connectivity index (χ1n) is 9.65. The molecule has 1 aliphatic heterocycles. The molecule has 8 nitrogen and oxygen atoms in total. The molecule has 1 fully saturated rings. The number of amides is 1. The number of nitrogen functional groups attached to an aromatic ring is 1. The zero-order valence-corrected chi connectivity index (χ0v) is 17.4. The van der Waals surface area contributed by atoms with E-state index in [-0.39, 0.29) is 5.92 Å². The first kappa shape index (κ1) is 18.7. The molecular formula is C21H21N5O3S. The van der Waals surface area contributed by atoms with Crippen molar-refractivity contribution < 1.29 is 14.6 Å². The normalized spacial score (nSPS) is 16.6. The number of nitrogens with two attached hydrogens (primary N) is 1. The third kappa shape index (κ3) is 2.85. The van der Waals surface area contributed by atoms with Crippen LogP contribution in [0.1, 0.15) is 23.7 Å². The van der Waals surface area contributed by atoms with E-state index in [2.05, 4.69) is 17.1 Å². The van der Waals surface area contributed by atoms with Crippen LogP contribution in [0.3, 0.4) is 0 Å². The Kier molecular flexibility index (Phi) is 4.28. The van der Waals surface area contributed by atoms with Crippen molar-refractivity contribution in [3.63, 3.8) is 0 Å². The second-order valence-corrected chi connectivity index (χ2v) is 8.61. The van der Waals surface area contributed by atoms with Crippen LogP contribution in [-0.4, -0.2) is 50.7 Å². The first-order chi connectivity index (χ1) is 14.5. The number of carbonyl (C=O) groups is 1. The zero-order chi connectivity index (χ0) is 21.0. The summed E-state index contributed by atoms with van der Waals surface area (Å²) in [6.45, 7) is 2.97. The Morgan fingerprint density at radius 1 is 1.37 bits per heavy atom. The lowest BCUT2D eigenvalue weighted by Crippen LogP contribution is -2.26. The van der Waals surface area contributed by atoms with Crippen LogP contribution in [0.4, 0.5) is 10.6 Å². The molecule has 3 N–H and O–H groups in total. The molecule has 154 valence electrons. The van der Waals surface area contributed by atoms with Crippen LogP contribution in [0.2, 0.25) is 0 Å². The van der Waals surface area contributed by atoms with Gasteiger partial charge >= 0.3 is 6.09 Å². The minimum atomic E-state index is -0.897. The van der Waals surface area contributed by atoms with Crippen molar-refractivity contribution in [3.05, 3.63) is 42.0 Å². The predicted octanol–water partition coefficient (Wildman–Crippen LogP) is 3.98. The number of aromatic nitrogens is 3. The molecule has 1 saturated heterocycles. The van der Waals surface area contributed by atoms with Crippen molar-refractivity contribution in [1.29, 1.82) is 0 Å². The van der Waals surface area contributed by atoms with Gasteiger partial charge in [-0.3, -0.25) is 4.40 Å². The Labute approximate surface area is 176 Å². The number of hydrogen-bond donors (Lipinski definition) is 2. The van der Waals surface area contributed by atoms with Gasteiger partial charge < -0.3 is 20.5 Å². The van der Waals surface area contributed by atoms with Gasteiger partial charge in [-0.1, -0.05) is 6.07 Å². The average molecular weight is 423 g/mol. The molecule has 0 spiro atoms. The van der Waals surface area contributed by atoms with E-state index in [1.54, 1.807) is 24.6 Å². The monoisotopic (exact) mass is 423 g/mol. The van der Waals surface area contributed by atoms with Crippen LogP contribution >= 0.6 is 11.3 Å². The van der Waals surface area contributed by atoms with E-state index in [1.807, 2.05) is 23.6 Å². The maximum Gasteiger partial charge on any atom is 0.407 e. The number of anilines is 1. The van der Waals surface area contributed by atoms with Gasteiger partial charge in [0, 0.05) is 31.4 Å². The summed E-state index contributed by atoms with van der Waals surface area (Å²) in [5, 5.41) is 10.4. The van der Waals surface area contributed by atoms with Gasteiger partial charge in [0.25, 0.3) is 0 Å². The summed E-state index contributed by atoms with van der Waals surface area (Å²) in [6.07, 6.45) is 3.33. The quantitative estimate of drug-likeness (QED) is 0.516. The summed E-state index contributed by atoms with van der Waals surface area (Å²) in [7, 11) is 1.67. The van der Waals surface area contributed by atoms with Crippen LogP contribution in [0, 0.1) is 6.92 Å². The highest BCUT2D eigenvalue weighted by Gasteiger charge is 2.31. The van der Waals surface area contributed by atoms with Gasteiger partial charge in [-0.15, -0.1) is 11.3 Å². The number of rotatable bonds is 3. The topological polar surface area (TPSA) is 106 Å². The van der Waals surface area contributed by atoms with Gasteiger partial charge in [0.05, 0.1) is 16.7 Å². The predicted molar refractivity (Wildman–Crippen MR) is 116 cm³/mol. The van der Waals surface area contributed by atoms with Crippen molar-refractivity contribution in [1.82, 2.24) is 19.3 Å². The first-order valence-corrected chi connectivity index (χ1v) is 10.5. The van der Waals surface area contributed by atoms with Crippen molar-refractivity contribution >= 4 is 38.9 Å². The molecule has 30 heavy (non-hydrogen) atoms. The third-order valence-electron chi connectivity index (χ3n) is 5.61. The molecule has 1 unspecified atom stereocenters. The molecule has 4 aromatic rings. The van der Waals surface area contributed by atoms with Crippen LogP contribution in [0.15, 0.2) is 30.6 Å². The second-order valence-electron chi connectivity index (χ2n) is 7.56. The van der Waals surface area contributed by atoms with E-state index >= 15 is 0 Å². The van der Waals surface area contributed by atoms with E-state index < -0.39 is 6.09 Å². The number of nitrogens with zero attached hydrogens (tertiary/aromatic N) is 4. The molecule has 5 rings (SSSR count). The van der Waals surface area contributed by atoms with E-state index in [9.17, 15) is 9.90 Å². The molecule has 0 radical (unpaired) electrons. The molecule has 1 atom stereocenters. The fourth-order valence-corrected chi connectivity index (χ4v) is 5.35. The molecule has 4 heterocycles. The van der Waals surface area contributed by atoms with Crippen LogP contribution in [0.5, 0.6) is 5.75 Å². The number of fused-ring (bicyclic) bond motifs is 2. The van der Waals surface area contributed by atoms with E-state index in [0.717, 1.165) is 49.7 Å². The lowest BCUT2D eigenvalue weighted by atomic mass is 10.1. The molecule has 1 aliphatic rings. The smallest absolute Gasteiger partial charge is 0.407 e. The number of hydrogen-bond acceptors (Lipinski definition) is 6. The Morgan fingerprint density at radius 2 is 2.20 bits per heavy atom. The van der Waals surface area contributed by atoms with Gasteiger partial charge in [0.1, 0.15) is 28.6 Å². The second kappa shape index (κ2) is 6.88. The van der Waals surface area contributed by atoms with Crippen LogP contribution in [0.25, 0.3) is 26.2 Å². The summed E-state index contributed by atoms with van der Waals surface area (Å²) < 4.78 is 8.59. The number of carboxylic acid groups (broad SMARTS) is 1. The van der Waals surface area contributed by atoms with Gasteiger partial charge in [0.15, 0.2) is 0 Å². The van der Waals surface area contributed by atoms with Crippen molar-refractivity contribution in [3.8, 4) is 16.3 Å². The van der Waals surface area contributed by atoms with Gasteiger partial charge in [-0.2, -0.15) is 0 Å². The molecule has 1 amide bonds. The zero-order valence-electron chi connectivity index (χ0n) is 16.6. The van der Waals surface area contributed by atoms with E-state index in [1.165, 1.54) is 4.90 Å². The van der Waals surface area contributed by atoms with Crippen molar-refractivity contribution in [2.45, 2.75) is 19.3 Å². The summed E-state index contributed by atoms with van der Waals surface area (Å²) in [4.78, 5) is 23.0.